The van der Waals surface area contributed by atoms with Gasteiger partial charge in [-0.2, -0.15) is 0 Å². The Morgan fingerprint density at radius 1 is 1.10 bits per heavy atom. The fourth-order valence-electron chi connectivity index (χ4n) is 6.75. The van der Waals surface area contributed by atoms with Gasteiger partial charge in [0.25, 0.3) is 0 Å². The first-order valence-corrected chi connectivity index (χ1v) is 13.9. The summed E-state index contributed by atoms with van der Waals surface area (Å²) in [5.41, 5.74) is 2.89. The quantitative estimate of drug-likeness (QED) is 0.337. The molecular weight excluding hydrogens is 530 g/mol. The molecule has 4 aromatic rings. The molecule has 11 heteroatoms. The Hall–Kier alpha value is -4.28. The van der Waals surface area contributed by atoms with Gasteiger partial charge in [-0.3, -0.25) is 9.55 Å². The molecule has 1 aromatic carbocycles. The maximum Gasteiger partial charge on any atom is 0.407 e. The Morgan fingerprint density at radius 2 is 1.93 bits per heavy atom. The molecule has 0 radical (unpaired) electrons. The molecule has 2 N–H and O–H groups in total. The van der Waals surface area contributed by atoms with Gasteiger partial charge < -0.3 is 14.9 Å². The Balaban J connectivity index is 1.43. The summed E-state index contributed by atoms with van der Waals surface area (Å²) in [5, 5.41) is 10.3. The van der Waals surface area contributed by atoms with E-state index in [9.17, 15) is 23.5 Å². The van der Waals surface area contributed by atoms with Crippen LogP contribution in [0.3, 0.4) is 0 Å². The van der Waals surface area contributed by atoms with Gasteiger partial charge in [0, 0.05) is 44.8 Å². The highest BCUT2D eigenvalue weighted by Crippen LogP contribution is 2.44. The smallest absolute Gasteiger partial charge is 0.407 e. The fraction of sp³-hybridized carbons (Fsp3) is 0.400. The minimum absolute atomic E-state index is 0.249. The summed E-state index contributed by atoms with van der Waals surface area (Å²) >= 11 is 0. The summed E-state index contributed by atoms with van der Waals surface area (Å²) in [4.78, 5) is 41.0. The number of pyridine rings is 2. The average molecular weight is 563 g/mol. The lowest BCUT2D eigenvalue weighted by Crippen LogP contribution is -2.49. The molecule has 6 rings (SSSR count). The van der Waals surface area contributed by atoms with Crippen molar-refractivity contribution in [1.82, 2.24) is 24.4 Å². The summed E-state index contributed by atoms with van der Waals surface area (Å²) in [6, 6.07) is 11.0. The van der Waals surface area contributed by atoms with Crippen molar-refractivity contribution in [1.29, 1.82) is 0 Å². The van der Waals surface area contributed by atoms with Gasteiger partial charge in [0.05, 0.1) is 11.2 Å². The van der Waals surface area contributed by atoms with Crippen molar-refractivity contribution in [3.05, 3.63) is 87.6 Å². The first-order valence-electron chi connectivity index (χ1n) is 13.9. The largest absolute Gasteiger partial charge is 0.465 e. The van der Waals surface area contributed by atoms with Crippen LogP contribution in [0.15, 0.2) is 53.5 Å². The number of hydrogen-bond acceptors (Lipinski definition) is 5. The molecule has 0 saturated carbocycles. The molecule has 2 aliphatic rings. The van der Waals surface area contributed by atoms with E-state index in [1.54, 1.807) is 22.9 Å². The zero-order chi connectivity index (χ0) is 28.8. The third kappa shape index (κ3) is 4.83. The van der Waals surface area contributed by atoms with E-state index in [1.807, 2.05) is 37.2 Å². The van der Waals surface area contributed by atoms with E-state index < -0.39 is 23.8 Å². The van der Waals surface area contributed by atoms with Crippen LogP contribution in [0.1, 0.15) is 60.4 Å². The topological polar surface area (TPSA) is 107 Å². The first-order chi connectivity index (χ1) is 19.7. The van der Waals surface area contributed by atoms with Crippen molar-refractivity contribution in [3.63, 3.8) is 0 Å². The lowest BCUT2D eigenvalue weighted by atomic mass is 9.82. The molecule has 0 bridgehead atoms. The van der Waals surface area contributed by atoms with E-state index in [4.69, 9.17) is 4.98 Å². The summed E-state index contributed by atoms with van der Waals surface area (Å²) in [6.07, 6.45) is 3.00. The Morgan fingerprint density at radius 3 is 2.71 bits per heavy atom. The van der Waals surface area contributed by atoms with Crippen LogP contribution >= 0.6 is 0 Å². The summed E-state index contributed by atoms with van der Waals surface area (Å²) in [6.45, 7) is 0.255. The van der Waals surface area contributed by atoms with Gasteiger partial charge in [-0.05, 0) is 73.4 Å². The molecular formula is C30H32F2N6O3. The maximum atomic E-state index is 14.9. The number of carbonyl (C=O) groups is 1. The molecule has 1 aliphatic heterocycles. The number of fused-ring (bicyclic) bond motifs is 2. The van der Waals surface area contributed by atoms with Gasteiger partial charge in [0.2, 0.25) is 0 Å². The number of aromatic nitrogens is 4. The van der Waals surface area contributed by atoms with Crippen molar-refractivity contribution < 1.29 is 18.7 Å². The van der Waals surface area contributed by atoms with Crippen molar-refractivity contribution in [2.24, 2.45) is 0 Å². The fourth-order valence-corrected chi connectivity index (χ4v) is 6.75. The lowest BCUT2D eigenvalue weighted by molar-refractivity contribution is 0.0779. The van der Waals surface area contributed by atoms with Crippen LogP contribution in [-0.4, -0.2) is 62.3 Å². The number of halogens is 2. The minimum Gasteiger partial charge on any atom is -0.465 e. The van der Waals surface area contributed by atoms with Gasteiger partial charge in [-0.25, -0.2) is 28.3 Å². The predicted molar refractivity (Wildman–Crippen MR) is 150 cm³/mol. The molecule has 2 unspecified atom stereocenters. The Labute approximate surface area is 235 Å². The number of rotatable bonds is 4. The normalized spacial score (nSPS) is 22.8. The standard InChI is InChI=1S/C30H32F2N6O3/c1-36(2)25-11-9-18-15-17(20-5-3-6-22(31)26(20)32)8-10-21(27(18)34-25)24-16-19(12-14-37(24)30(40)41)38-23-7-4-13-33-28(23)35-29(38)39/h3-7,9,11,13,17,19,21,24H,8,10,12,14-16H2,1-2H3,(H,40,41)(H,33,35,39)/t17-,19?,21-,24?/m1/s1. The maximum absolute atomic E-state index is 14.9. The van der Waals surface area contributed by atoms with Gasteiger partial charge >= 0.3 is 11.8 Å². The van der Waals surface area contributed by atoms with Crippen molar-refractivity contribution in [2.75, 3.05) is 25.5 Å². The van der Waals surface area contributed by atoms with Crippen molar-refractivity contribution in [3.8, 4) is 0 Å². The SMILES string of the molecule is CN(C)c1ccc2c(n1)[C@@H](C1CC(n3c(=O)[nH]c4ncccc43)CCN1C(=O)O)CC[C@@H](c1cccc(F)c1F)C2. The van der Waals surface area contributed by atoms with Gasteiger partial charge in [-0.1, -0.05) is 18.2 Å². The zero-order valence-corrected chi connectivity index (χ0v) is 22.9. The van der Waals surface area contributed by atoms with Crippen LogP contribution in [0, 0.1) is 11.6 Å². The number of hydrogen-bond donors (Lipinski definition) is 2. The lowest BCUT2D eigenvalue weighted by Gasteiger charge is -2.42. The molecule has 9 nitrogen and oxygen atoms in total. The minimum atomic E-state index is -1.02. The zero-order valence-electron chi connectivity index (χ0n) is 22.9. The van der Waals surface area contributed by atoms with Crippen molar-refractivity contribution >= 4 is 23.1 Å². The predicted octanol–water partition coefficient (Wildman–Crippen LogP) is 5.05. The second-order valence-electron chi connectivity index (χ2n) is 11.2. The van der Waals surface area contributed by atoms with Crippen LogP contribution < -0.4 is 10.6 Å². The molecule has 1 aliphatic carbocycles. The van der Waals surface area contributed by atoms with Crippen molar-refractivity contribution in [2.45, 2.75) is 56.0 Å². The molecule has 0 spiro atoms. The number of aromatic amines is 1. The molecule has 3 aromatic heterocycles. The number of nitrogens with one attached hydrogen (secondary N) is 1. The third-order valence-electron chi connectivity index (χ3n) is 8.70. The van der Waals surface area contributed by atoms with E-state index in [-0.39, 0.29) is 30.1 Å². The number of likely N-dealkylation sites (tertiary alicyclic amines) is 1. The second-order valence-corrected chi connectivity index (χ2v) is 11.2. The Kier molecular flexibility index (Phi) is 6.96. The van der Waals surface area contributed by atoms with E-state index in [0.29, 0.717) is 48.8 Å². The van der Waals surface area contributed by atoms with E-state index in [2.05, 4.69) is 9.97 Å². The second kappa shape index (κ2) is 10.6. The number of H-pyrrole nitrogens is 1. The number of amides is 1. The number of nitrogens with zero attached hydrogens (tertiary/aromatic N) is 5. The number of piperidine rings is 1. The Bertz CT molecular complexity index is 1670. The van der Waals surface area contributed by atoms with Crippen LogP contribution in [-0.2, 0) is 6.42 Å². The van der Waals surface area contributed by atoms with E-state index in [1.165, 1.54) is 11.0 Å². The highest BCUT2D eigenvalue weighted by Gasteiger charge is 2.41. The summed E-state index contributed by atoms with van der Waals surface area (Å²) in [7, 11) is 3.78. The molecule has 1 saturated heterocycles. The van der Waals surface area contributed by atoms with Crippen LogP contribution in [0.2, 0.25) is 0 Å². The van der Waals surface area contributed by atoms with Gasteiger partial charge in [0.15, 0.2) is 17.3 Å². The summed E-state index contributed by atoms with van der Waals surface area (Å²) in [5.74, 6) is -1.58. The monoisotopic (exact) mass is 562 g/mol. The highest BCUT2D eigenvalue weighted by atomic mass is 19.2. The van der Waals surface area contributed by atoms with E-state index >= 15 is 0 Å². The highest BCUT2D eigenvalue weighted by molar-refractivity contribution is 5.70. The molecule has 214 valence electrons. The van der Waals surface area contributed by atoms with Crippen LogP contribution in [0.25, 0.3) is 11.2 Å². The van der Waals surface area contributed by atoms with Crippen LogP contribution in [0.4, 0.5) is 19.4 Å². The van der Waals surface area contributed by atoms with E-state index in [0.717, 1.165) is 23.1 Å². The average Bonchev–Trinajstić information content (AvgIpc) is 3.17. The molecule has 4 heterocycles. The van der Waals surface area contributed by atoms with Gasteiger partial charge in [0.1, 0.15) is 5.82 Å². The molecule has 4 atom stereocenters. The molecule has 1 amide bonds. The van der Waals surface area contributed by atoms with Gasteiger partial charge in [-0.15, -0.1) is 0 Å². The first kappa shape index (κ1) is 26.9. The molecule has 41 heavy (non-hydrogen) atoms. The number of imidazole rings is 1. The molecule has 1 fully saturated rings. The summed E-state index contributed by atoms with van der Waals surface area (Å²) < 4.78 is 30.8. The number of anilines is 1. The number of benzene rings is 1. The third-order valence-corrected chi connectivity index (χ3v) is 8.70. The number of carboxylic acid groups (broad SMARTS) is 1. The van der Waals surface area contributed by atoms with Crippen LogP contribution in [0.5, 0.6) is 0 Å².